The summed E-state index contributed by atoms with van der Waals surface area (Å²) in [4.78, 5) is 0. The molecule has 0 bridgehead atoms. The van der Waals surface area contributed by atoms with Gasteiger partial charge in [-0.2, -0.15) is 0 Å². The van der Waals surface area contributed by atoms with Gasteiger partial charge >= 0.3 is 0 Å². The van der Waals surface area contributed by atoms with Crippen LogP contribution >= 0.6 is 0 Å². The Morgan fingerprint density at radius 1 is 1.05 bits per heavy atom. The van der Waals surface area contributed by atoms with Crippen molar-refractivity contribution in [2.75, 3.05) is 11.9 Å². The Morgan fingerprint density at radius 2 is 1.71 bits per heavy atom. The Kier molecular flexibility index (Phi) is 4.23. The average Bonchev–Trinajstić information content (AvgIpc) is 2.45. The lowest BCUT2D eigenvalue weighted by atomic mass is 9.91. The molecule has 2 N–H and O–H groups in total. The minimum atomic E-state index is -1.35. The second-order valence-corrected chi connectivity index (χ2v) is 5.18. The number of rotatable bonds is 4. The fourth-order valence-corrected chi connectivity index (χ4v) is 2.12. The Bertz CT molecular complexity index is 660. The van der Waals surface area contributed by atoms with E-state index in [4.69, 9.17) is 0 Å². The van der Waals surface area contributed by atoms with Crippen molar-refractivity contribution in [2.45, 2.75) is 19.4 Å². The SMILES string of the molecule is Cc1cc(F)c(C(C)(CO)Nc2ccccc2F)cc1F. The summed E-state index contributed by atoms with van der Waals surface area (Å²) in [6, 6.07) is 7.91. The first kappa shape index (κ1) is 15.4. The van der Waals surface area contributed by atoms with Crippen LogP contribution in [0.15, 0.2) is 36.4 Å². The highest BCUT2D eigenvalue weighted by atomic mass is 19.1. The predicted molar refractivity (Wildman–Crippen MR) is 75.6 cm³/mol. The van der Waals surface area contributed by atoms with Crippen LogP contribution in [0.3, 0.4) is 0 Å². The number of halogens is 3. The van der Waals surface area contributed by atoms with E-state index in [2.05, 4.69) is 5.32 Å². The maximum atomic E-state index is 14.1. The van der Waals surface area contributed by atoms with Crippen molar-refractivity contribution in [3.63, 3.8) is 0 Å². The molecule has 0 aliphatic heterocycles. The fourth-order valence-electron chi connectivity index (χ4n) is 2.12. The van der Waals surface area contributed by atoms with Crippen LogP contribution in [0.1, 0.15) is 18.1 Å². The number of nitrogens with one attached hydrogen (secondary N) is 1. The first-order chi connectivity index (χ1) is 9.87. The summed E-state index contributed by atoms with van der Waals surface area (Å²) in [5, 5.41) is 12.3. The zero-order valence-corrected chi connectivity index (χ0v) is 11.8. The van der Waals surface area contributed by atoms with Gasteiger partial charge in [-0.25, -0.2) is 13.2 Å². The van der Waals surface area contributed by atoms with Gasteiger partial charge < -0.3 is 10.4 Å². The van der Waals surface area contributed by atoms with Crippen LogP contribution in [-0.4, -0.2) is 11.7 Å². The Labute approximate surface area is 121 Å². The molecule has 0 heterocycles. The molecule has 0 fully saturated rings. The molecule has 5 heteroatoms. The molecule has 2 aromatic carbocycles. The summed E-state index contributed by atoms with van der Waals surface area (Å²) < 4.78 is 41.5. The predicted octanol–water partition coefficient (Wildman–Crippen LogP) is 3.73. The van der Waals surface area contributed by atoms with Gasteiger partial charge in [-0.15, -0.1) is 0 Å². The Hall–Kier alpha value is -2.01. The standard InChI is InChI=1S/C16H16F3NO/c1-10-7-14(19)11(8-13(10)18)16(2,9-21)20-15-6-4-3-5-12(15)17/h3-8,20-21H,9H2,1-2H3. The van der Waals surface area contributed by atoms with Crippen LogP contribution in [0.25, 0.3) is 0 Å². The van der Waals surface area contributed by atoms with E-state index in [0.29, 0.717) is 0 Å². The molecule has 21 heavy (non-hydrogen) atoms. The summed E-state index contributed by atoms with van der Waals surface area (Å²) >= 11 is 0. The molecule has 2 rings (SSSR count). The number of hydrogen-bond acceptors (Lipinski definition) is 2. The lowest BCUT2D eigenvalue weighted by molar-refractivity contribution is 0.220. The number of benzene rings is 2. The number of para-hydroxylation sites is 1. The Morgan fingerprint density at radius 3 is 2.33 bits per heavy atom. The van der Waals surface area contributed by atoms with Gasteiger partial charge in [0.1, 0.15) is 17.5 Å². The van der Waals surface area contributed by atoms with Gasteiger partial charge in [0.25, 0.3) is 0 Å². The van der Waals surface area contributed by atoms with Crippen LogP contribution in [0.2, 0.25) is 0 Å². The maximum absolute atomic E-state index is 14.1. The van der Waals surface area contributed by atoms with Crippen molar-refractivity contribution >= 4 is 5.69 Å². The molecule has 0 aliphatic rings. The van der Waals surface area contributed by atoms with Crippen molar-refractivity contribution < 1.29 is 18.3 Å². The third-order valence-electron chi connectivity index (χ3n) is 3.44. The molecule has 0 aliphatic carbocycles. The normalized spacial score (nSPS) is 13.8. The van der Waals surface area contributed by atoms with E-state index in [-0.39, 0.29) is 16.8 Å². The average molecular weight is 295 g/mol. The lowest BCUT2D eigenvalue weighted by Crippen LogP contribution is -2.37. The molecule has 0 spiro atoms. The minimum absolute atomic E-state index is 0.0589. The zero-order chi connectivity index (χ0) is 15.6. The quantitative estimate of drug-likeness (QED) is 0.900. The van der Waals surface area contributed by atoms with E-state index >= 15 is 0 Å². The second-order valence-electron chi connectivity index (χ2n) is 5.18. The molecule has 2 aromatic rings. The van der Waals surface area contributed by atoms with Crippen LogP contribution in [0, 0.1) is 24.4 Å². The van der Waals surface area contributed by atoms with Crippen molar-refractivity contribution in [2.24, 2.45) is 0 Å². The van der Waals surface area contributed by atoms with Crippen molar-refractivity contribution in [1.82, 2.24) is 0 Å². The van der Waals surface area contributed by atoms with Crippen LogP contribution in [0.4, 0.5) is 18.9 Å². The maximum Gasteiger partial charge on any atom is 0.146 e. The van der Waals surface area contributed by atoms with E-state index < -0.39 is 29.6 Å². The first-order valence-electron chi connectivity index (χ1n) is 6.47. The molecule has 1 atom stereocenters. The Balaban J connectivity index is 2.47. The molecular weight excluding hydrogens is 279 g/mol. The van der Waals surface area contributed by atoms with Gasteiger partial charge in [0.05, 0.1) is 17.8 Å². The third kappa shape index (κ3) is 3.03. The largest absolute Gasteiger partial charge is 0.394 e. The fraction of sp³-hybridized carbons (Fsp3) is 0.250. The first-order valence-corrected chi connectivity index (χ1v) is 6.47. The molecule has 0 radical (unpaired) electrons. The topological polar surface area (TPSA) is 32.3 Å². The number of aliphatic hydroxyl groups excluding tert-OH is 1. The highest BCUT2D eigenvalue weighted by Gasteiger charge is 2.30. The molecule has 0 saturated heterocycles. The summed E-state index contributed by atoms with van der Waals surface area (Å²) in [6.07, 6.45) is 0. The van der Waals surface area contributed by atoms with Gasteiger partial charge in [0.2, 0.25) is 0 Å². The third-order valence-corrected chi connectivity index (χ3v) is 3.44. The summed E-state index contributed by atoms with van der Waals surface area (Å²) in [6.45, 7) is 2.40. The van der Waals surface area contributed by atoms with Crippen molar-refractivity contribution in [1.29, 1.82) is 0 Å². The second kappa shape index (κ2) is 5.77. The highest BCUT2D eigenvalue weighted by Crippen LogP contribution is 2.30. The summed E-state index contributed by atoms with van der Waals surface area (Å²) in [5.74, 6) is -1.78. The highest BCUT2D eigenvalue weighted by molar-refractivity contribution is 5.49. The monoisotopic (exact) mass is 295 g/mol. The van der Waals surface area contributed by atoms with E-state index in [1.165, 1.54) is 32.0 Å². The molecule has 1 unspecified atom stereocenters. The molecule has 112 valence electrons. The molecule has 2 nitrogen and oxygen atoms in total. The number of aliphatic hydroxyl groups is 1. The number of anilines is 1. The van der Waals surface area contributed by atoms with Crippen LogP contribution in [0.5, 0.6) is 0 Å². The lowest BCUT2D eigenvalue weighted by Gasteiger charge is -2.31. The molecule has 0 aromatic heterocycles. The van der Waals surface area contributed by atoms with E-state index in [0.717, 1.165) is 12.1 Å². The number of aryl methyl sites for hydroxylation is 1. The van der Waals surface area contributed by atoms with Crippen molar-refractivity contribution in [3.05, 3.63) is 65.0 Å². The van der Waals surface area contributed by atoms with E-state index in [1.807, 2.05) is 0 Å². The molecular formula is C16H16F3NO. The smallest absolute Gasteiger partial charge is 0.146 e. The van der Waals surface area contributed by atoms with Crippen LogP contribution in [-0.2, 0) is 5.54 Å². The summed E-state index contributed by atoms with van der Waals surface area (Å²) in [7, 11) is 0. The molecule has 0 amide bonds. The van der Waals surface area contributed by atoms with Crippen LogP contribution < -0.4 is 5.32 Å². The zero-order valence-electron chi connectivity index (χ0n) is 11.8. The van der Waals surface area contributed by atoms with Crippen molar-refractivity contribution in [3.8, 4) is 0 Å². The van der Waals surface area contributed by atoms with E-state index in [1.54, 1.807) is 6.07 Å². The van der Waals surface area contributed by atoms with Gasteiger partial charge in [-0.05, 0) is 43.7 Å². The van der Waals surface area contributed by atoms with Gasteiger partial charge in [0, 0.05) is 5.56 Å². The minimum Gasteiger partial charge on any atom is -0.394 e. The van der Waals surface area contributed by atoms with Gasteiger partial charge in [-0.3, -0.25) is 0 Å². The van der Waals surface area contributed by atoms with Gasteiger partial charge in [0.15, 0.2) is 0 Å². The van der Waals surface area contributed by atoms with Gasteiger partial charge in [-0.1, -0.05) is 12.1 Å². The van der Waals surface area contributed by atoms with E-state index in [9.17, 15) is 18.3 Å². The molecule has 0 saturated carbocycles. The summed E-state index contributed by atoms with van der Waals surface area (Å²) in [5.41, 5.74) is -1.13. The number of hydrogen-bond donors (Lipinski definition) is 2.